The van der Waals surface area contributed by atoms with Gasteiger partial charge < -0.3 is 4.74 Å². The maximum Gasteiger partial charge on any atom is 0.118 e. The molecule has 2 aromatic carbocycles. The van der Waals surface area contributed by atoms with Crippen molar-refractivity contribution in [2.45, 2.75) is 70.6 Å². The van der Waals surface area contributed by atoms with E-state index >= 15 is 0 Å². The van der Waals surface area contributed by atoms with E-state index < -0.39 is 0 Å². The van der Waals surface area contributed by atoms with E-state index in [0.29, 0.717) is 0 Å². The highest BCUT2D eigenvalue weighted by Gasteiger charge is 2.35. The van der Waals surface area contributed by atoms with Crippen LogP contribution in [0.4, 0.5) is 0 Å². The van der Waals surface area contributed by atoms with E-state index in [2.05, 4.69) is 43.0 Å². The summed E-state index contributed by atoms with van der Waals surface area (Å²) in [6.07, 6.45) is 12.9. The first kappa shape index (κ1) is 21.0. The van der Waals surface area contributed by atoms with E-state index in [4.69, 9.17) is 4.74 Å². The minimum Gasteiger partial charge on any atom is -0.497 e. The average Bonchev–Trinajstić information content (AvgIpc) is 2.81. The molecule has 0 heterocycles. The van der Waals surface area contributed by atoms with Gasteiger partial charge in [0.15, 0.2) is 0 Å². The van der Waals surface area contributed by atoms with Crippen LogP contribution in [0, 0.1) is 29.6 Å². The predicted molar refractivity (Wildman–Crippen MR) is 126 cm³/mol. The summed E-state index contributed by atoms with van der Waals surface area (Å²) in [5, 5.41) is 0. The van der Waals surface area contributed by atoms with E-state index in [9.17, 15) is 0 Å². The summed E-state index contributed by atoms with van der Waals surface area (Å²) in [6, 6.07) is 17.0. The Bertz CT molecular complexity index is 852. The largest absolute Gasteiger partial charge is 0.497 e. The van der Waals surface area contributed by atoms with Crippen molar-refractivity contribution in [1.29, 1.82) is 0 Å². The molecule has 2 aliphatic carbocycles. The standard InChI is InChI=1S/C29H36O/c1-3-4-5-24-10-15-28-21-27(17-16-26(28)20-24)25-13-8-22(9-14-25)6-7-23-11-18-29(30-2)19-12-23/h8-9,11-14,18-19,24,26-28H,3-5,10,15-17,20-21H2,1-2H3/t24?,26-,27-,28-/m1/s1. The van der Waals surface area contributed by atoms with Gasteiger partial charge in [-0.3, -0.25) is 0 Å². The number of ether oxygens (including phenoxy) is 1. The van der Waals surface area contributed by atoms with Gasteiger partial charge in [0, 0.05) is 11.1 Å². The third kappa shape index (κ3) is 5.28. The second-order valence-corrected chi connectivity index (χ2v) is 9.45. The molecule has 0 spiro atoms. The summed E-state index contributed by atoms with van der Waals surface area (Å²) >= 11 is 0. The minimum absolute atomic E-state index is 0.752. The van der Waals surface area contributed by atoms with E-state index in [1.54, 1.807) is 7.11 Å². The fourth-order valence-electron chi connectivity index (χ4n) is 5.70. The molecule has 0 N–H and O–H groups in total. The predicted octanol–water partition coefficient (Wildman–Crippen LogP) is 7.59. The third-order valence-corrected chi connectivity index (χ3v) is 7.51. The molecule has 158 valence electrons. The molecule has 0 aromatic heterocycles. The summed E-state index contributed by atoms with van der Waals surface area (Å²) in [6.45, 7) is 2.33. The van der Waals surface area contributed by atoms with Gasteiger partial charge in [-0.15, -0.1) is 0 Å². The number of benzene rings is 2. The van der Waals surface area contributed by atoms with E-state index in [-0.39, 0.29) is 0 Å². The summed E-state index contributed by atoms with van der Waals surface area (Å²) in [5.41, 5.74) is 3.64. The van der Waals surface area contributed by atoms with Crippen LogP contribution in [0.15, 0.2) is 48.5 Å². The third-order valence-electron chi connectivity index (χ3n) is 7.51. The lowest BCUT2D eigenvalue weighted by Crippen LogP contribution is -2.30. The zero-order valence-electron chi connectivity index (χ0n) is 18.7. The topological polar surface area (TPSA) is 9.23 Å². The Morgan fingerprint density at radius 3 is 2.10 bits per heavy atom. The molecular weight excluding hydrogens is 364 g/mol. The van der Waals surface area contributed by atoms with Crippen molar-refractivity contribution >= 4 is 0 Å². The van der Waals surface area contributed by atoms with Crippen molar-refractivity contribution < 1.29 is 4.74 Å². The number of methoxy groups -OCH3 is 1. The molecule has 0 amide bonds. The van der Waals surface area contributed by atoms with Gasteiger partial charge in [0.25, 0.3) is 0 Å². The molecular formula is C29H36O. The Labute approximate surface area is 183 Å². The SMILES string of the molecule is CCCCC1CC[C@@H]2C[C@H](c3ccc(C#Cc4ccc(OC)cc4)cc3)CC[C@@H]2C1. The van der Waals surface area contributed by atoms with Crippen LogP contribution in [0.5, 0.6) is 5.75 Å². The Balaban J connectivity index is 1.33. The number of unbranched alkanes of at least 4 members (excludes halogenated alkanes) is 1. The van der Waals surface area contributed by atoms with Crippen molar-refractivity contribution in [3.8, 4) is 17.6 Å². The molecule has 2 aromatic rings. The Morgan fingerprint density at radius 1 is 0.800 bits per heavy atom. The van der Waals surface area contributed by atoms with E-state index in [1.807, 2.05) is 24.3 Å². The number of hydrogen-bond donors (Lipinski definition) is 0. The van der Waals surface area contributed by atoms with Gasteiger partial charge in [0.1, 0.15) is 5.75 Å². The summed E-state index contributed by atoms with van der Waals surface area (Å²) < 4.78 is 5.21. The molecule has 1 unspecified atom stereocenters. The van der Waals surface area contributed by atoms with Gasteiger partial charge in [-0.1, -0.05) is 56.6 Å². The Hall–Kier alpha value is -2.20. The monoisotopic (exact) mass is 400 g/mol. The second kappa shape index (κ2) is 10.2. The summed E-state index contributed by atoms with van der Waals surface area (Å²) in [5.74, 6) is 11.2. The van der Waals surface area contributed by atoms with E-state index in [0.717, 1.165) is 40.5 Å². The van der Waals surface area contributed by atoms with Crippen LogP contribution in [-0.4, -0.2) is 7.11 Å². The Morgan fingerprint density at radius 2 is 1.43 bits per heavy atom. The van der Waals surface area contributed by atoms with Crippen molar-refractivity contribution in [3.63, 3.8) is 0 Å². The Kier molecular flexibility index (Phi) is 7.16. The normalized spacial score (nSPS) is 25.7. The highest BCUT2D eigenvalue weighted by atomic mass is 16.5. The van der Waals surface area contributed by atoms with Crippen molar-refractivity contribution in [2.75, 3.05) is 7.11 Å². The maximum atomic E-state index is 5.21. The molecule has 0 bridgehead atoms. The molecule has 0 aliphatic heterocycles. The molecule has 4 atom stereocenters. The lowest BCUT2D eigenvalue weighted by molar-refractivity contribution is 0.113. The van der Waals surface area contributed by atoms with Crippen LogP contribution < -0.4 is 4.74 Å². The first-order chi connectivity index (χ1) is 14.7. The van der Waals surface area contributed by atoms with Crippen LogP contribution in [0.2, 0.25) is 0 Å². The molecule has 1 heteroatoms. The maximum absolute atomic E-state index is 5.21. The fraction of sp³-hybridized carbons (Fsp3) is 0.517. The lowest BCUT2D eigenvalue weighted by atomic mass is 9.63. The van der Waals surface area contributed by atoms with E-state index in [1.165, 1.54) is 63.4 Å². The highest BCUT2D eigenvalue weighted by molar-refractivity contribution is 5.45. The molecule has 2 fully saturated rings. The number of fused-ring (bicyclic) bond motifs is 1. The van der Waals surface area contributed by atoms with Gasteiger partial charge >= 0.3 is 0 Å². The van der Waals surface area contributed by atoms with Crippen LogP contribution >= 0.6 is 0 Å². The molecule has 1 nitrogen and oxygen atoms in total. The van der Waals surface area contributed by atoms with Gasteiger partial charge in [-0.25, -0.2) is 0 Å². The fourth-order valence-corrected chi connectivity index (χ4v) is 5.70. The molecule has 0 saturated heterocycles. The lowest BCUT2D eigenvalue weighted by Gasteiger charge is -2.42. The van der Waals surface area contributed by atoms with Crippen LogP contribution in [0.1, 0.15) is 87.3 Å². The molecule has 0 radical (unpaired) electrons. The summed E-state index contributed by atoms with van der Waals surface area (Å²) in [7, 11) is 1.69. The molecule has 2 aliphatic rings. The number of hydrogen-bond acceptors (Lipinski definition) is 1. The van der Waals surface area contributed by atoms with Crippen LogP contribution in [-0.2, 0) is 0 Å². The first-order valence-corrected chi connectivity index (χ1v) is 12.0. The van der Waals surface area contributed by atoms with Crippen molar-refractivity contribution in [3.05, 3.63) is 65.2 Å². The minimum atomic E-state index is 0.752. The van der Waals surface area contributed by atoms with Crippen molar-refractivity contribution in [2.24, 2.45) is 17.8 Å². The van der Waals surface area contributed by atoms with Gasteiger partial charge in [0.2, 0.25) is 0 Å². The second-order valence-electron chi connectivity index (χ2n) is 9.45. The van der Waals surface area contributed by atoms with Crippen molar-refractivity contribution in [1.82, 2.24) is 0 Å². The van der Waals surface area contributed by atoms with Crippen LogP contribution in [0.25, 0.3) is 0 Å². The van der Waals surface area contributed by atoms with Gasteiger partial charge in [-0.2, -0.15) is 0 Å². The number of rotatable bonds is 5. The van der Waals surface area contributed by atoms with Crippen LogP contribution in [0.3, 0.4) is 0 Å². The molecule has 30 heavy (non-hydrogen) atoms. The quantitative estimate of drug-likeness (QED) is 0.470. The molecule has 4 rings (SSSR count). The smallest absolute Gasteiger partial charge is 0.118 e. The average molecular weight is 401 g/mol. The zero-order valence-corrected chi connectivity index (χ0v) is 18.7. The van der Waals surface area contributed by atoms with Gasteiger partial charge in [0.05, 0.1) is 7.11 Å². The highest BCUT2D eigenvalue weighted by Crippen LogP contribution is 2.48. The van der Waals surface area contributed by atoms with Gasteiger partial charge in [-0.05, 0) is 97.7 Å². The first-order valence-electron chi connectivity index (χ1n) is 12.0. The summed E-state index contributed by atoms with van der Waals surface area (Å²) in [4.78, 5) is 0. The molecule has 2 saturated carbocycles. The zero-order chi connectivity index (χ0) is 20.8.